The fourth-order valence-electron chi connectivity index (χ4n) is 0.368. The van der Waals surface area contributed by atoms with Gasteiger partial charge in [-0.3, -0.25) is 0 Å². The van der Waals surface area contributed by atoms with Crippen LogP contribution in [-0.4, -0.2) is 15.3 Å². The quantitative estimate of drug-likeness (QED) is 0.696. The average molecular weight is 199 g/mol. The van der Waals surface area contributed by atoms with Crippen molar-refractivity contribution >= 4 is 34.8 Å². The Balaban J connectivity index is 3.34. The summed E-state index contributed by atoms with van der Waals surface area (Å²) in [5, 5.41) is 15.2. The van der Waals surface area contributed by atoms with Gasteiger partial charge in [-0.1, -0.05) is 34.8 Å². The van der Waals surface area contributed by atoms with E-state index in [0.717, 1.165) is 0 Å². The molecule has 10 heavy (non-hydrogen) atoms. The first kappa shape index (κ1) is 7.85. The summed E-state index contributed by atoms with van der Waals surface area (Å²) < 4.78 is 0. The van der Waals surface area contributed by atoms with Crippen molar-refractivity contribution in [3.05, 3.63) is 15.2 Å². The molecule has 0 saturated heterocycles. The van der Waals surface area contributed by atoms with Crippen LogP contribution in [0.2, 0.25) is 15.2 Å². The van der Waals surface area contributed by atoms with Crippen LogP contribution >= 0.6 is 34.8 Å². The number of hydrogen-bond donors (Lipinski definition) is 1. The number of halogens is 3. The molecule has 3 nitrogen and oxygen atoms in total. The van der Waals surface area contributed by atoms with Gasteiger partial charge in [0, 0.05) is 0 Å². The Bertz CT molecular complexity index is 238. The number of aromatic nitrogens is 2. The normalized spacial score (nSPS) is 9.90. The molecule has 1 N–H and O–H groups in total. The minimum atomic E-state index is -0.420. The SMILES string of the molecule is Oc1nnc(Cl)c(Cl)c1Cl. The molecule has 0 aromatic carbocycles. The van der Waals surface area contributed by atoms with Crippen molar-refractivity contribution in [2.75, 3.05) is 0 Å². The third kappa shape index (κ3) is 1.26. The largest absolute Gasteiger partial charge is 0.491 e. The zero-order valence-electron chi connectivity index (χ0n) is 4.48. The molecule has 0 atom stereocenters. The summed E-state index contributed by atoms with van der Waals surface area (Å²) in [6.45, 7) is 0. The Hall–Kier alpha value is -0.250. The van der Waals surface area contributed by atoms with Gasteiger partial charge in [0.1, 0.15) is 10.0 Å². The van der Waals surface area contributed by atoms with E-state index in [1.807, 2.05) is 0 Å². The van der Waals surface area contributed by atoms with E-state index in [2.05, 4.69) is 10.2 Å². The molecular formula is C4HCl3N2O. The molecule has 0 aliphatic rings. The summed E-state index contributed by atoms with van der Waals surface area (Å²) in [6.07, 6.45) is 0. The molecule has 6 heteroatoms. The number of nitrogens with zero attached hydrogens (tertiary/aromatic N) is 2. The first-order chi connectivity index (χ1) is 4.63. The van der Waals surface area contributed by atoms with Gasteiger partial charge in [-0.05, 0) is 0 Å². The Morgan fingerprint density at radius 2 is 1.60 bits per heavy atom. The monoisotopic (exact) mass is 198 g/mol. The topological polar surface area (TPSA) is 46.0 Å². The molecule has 54 valence electrons. The minimum Gasteiger partial charge on any atom is -0.491 e. The van der Waals surface area contributed by atoms with E-state index in [4.69, 9.17) is 39.9 Å². The lowest BCUT2D eigenvalue weighted by molar-refractivity contribution is 0.445. The first-order valence-corrected chi connectivity index (χ1v) is 3.32. The number of aromatic hydroxyl groups is 1. The van der Waals surface area contributed by atoms with Gasteiger partial charge < -0.3 is 5.11 Å². The van der Waals surface area contributed by atoms with Gasteiger partial charge in [0.25, 0.3) is 5.88 Å². The van der Waals surface area contributed by atoms with Gasteiger partial charge in [-0.25, -0.2) is 0 Å². The van der Waals surface area contributed by atoms with E-state index in [-0.39, 0.29) is 15.2 Å². The summed E-state index contributed by atoms with van der Waals surface area (Å²) in [4.78, 5) is 0. The Morgan fingerprint density at radius 3 is 2.10 bits per heavy atom. The lowest BCUT2D eigenvalue weighted by atomic mass is 10.5. The number of rotatable bonds is 0. The number of hydrogen-bond acceptors (Lipinski definition) is 3. The Kier molecular flexibility index (Phi) is 2.18. The molecular weight excluding hydrogens is 198 g/mol. The van der Waals surface area contributed by atoms with E-state index < -0.39 is 5.88 Å². The van der Waals surface area contributed by atoms with Crippen molar-refractivity contribution in [1.29, 1.82) is 0 Å². The standard InChI is InChI=1S/C4HCl3N2O/c5-1-2(6)4(10)9-8-3(1)7/h(H,9,10). The zero-order valence-corrected chi connectivity index (χ0v) is 6.74. The molecule has 0 fully saturated rings. The van der Waals surface area contributed by atoms with Crippen molar-refractivity contribution in [2.45, 2.75) is 0 Å². The highest BCUT2D eigenvalue weighted by molar-refractivity contribution is 6.47. The second-order valence-electron chi connectivity index (χ2n) is 1.44. The van der Waals surface area contributed by atoms with Crippen LogP contribution in [0.5, 0.6) is 5.88 Å². The molecule has 0 radical (unpaired) electrons. The van der Waals surface area contributed by atoms with E-state index >= 15 is 0 Å². The van der Waals surface area contributed by atoms with Gasteiger partial charge in [0.2, 0.25) is 0 Å². The summed E-state index contributed by atoms with van der Waals surface area (Å²) in [5.41, 5.74) is 0. The lowest BCUT2D eigenvalue weighted by Crippen LogP contribution is -1.84. The van der Waals surface area contributed by atoms with Gasteiger partial charge in [-0.2, -0.15) is 0 Å². The van der Waals surface area contributed by atoms with Crippen molar-refractivity contribution in [3.63, 3.8) is 0 Å². The van der Waals surface area contributed by atoms with Crippen molar-refractivity contribution < 1.29 is 5.11 Å². The fraction of sp³-hybridized carbons (Fsp3) is 0. The maximum atomic E-state index is 8.78. The summed E-state index contributed by atoms with van der Waals surface area (Å²) in [5.74, 6) is -0.420. The molecule has 1 aromatic rings. The second kappa shape index (κ2) is 2.78. The van der Waals surface area contributed by atoms with Gasteiger partial charge in [0.15, 0.2) is 5.15 Å². The molecule has 0 saturated carbocycles. The average Bonchev–Trinajstić information content (AvgIpc) is 1.93. The molecule has 0 amide bonds. The van der Waals surface area contributed by atoms with E-state index in [0.29, 0.717) is 0 Å². The highest BCUT2D eigenvalue weighted by Crippen LogP contribution is 2.32. The van der Waals surface area contributed by atoms with E-state index in [9.17, 15) is 0 Å². The van der Waals surface area contributed by atoms with Crippen LogP contribution in [0.4, 0.5) is 0 Å². The maximum Gasteiger partial charge on any atom is 0.251 e. The van der Waals surface area contributed by atoms with Crippen molar-refractivity contribution in [3.8, 4) is 5.88 Å². The van der Waals surface area contributed by atoms with Crippen molar-refractivity contribution in [1.82, 2.24) is 10.2 Å². The molecule has 1 heterocycles. The minimum absolute atomic E-state index is 0.0100. The Morgan fingerprint density at radius 1 is 1.00 bits per heavy atom. The molecule has 0 aliphatic carbocycles. The summed E-state index contributed by atoms with van der Waals surface area (Å²) in [6, 6.07) is 0. The molecule has 0 spiro atoms. The molecule has 1 rings (SSSR count). The van der Waals surface area contributed by atoms with Crippen LogP contribution in [0, 0.1) is 0 Å². The van der Waals surface area contributed by atoms with Crippen LogP contribution in [0.3, 0.4) is 0 Å². The Labute approximate surface area is 71.5 Å². The second-order valence-corrected chi connectivity index (χ2v) is 2.56. The van der Waals surface area contributed by atoms with Gasteiger partial charge in [-0.15, -0.1) is 10.2 Å². The van der Waals surface area contributed by atoms with Crippen LogP contribution < -0.4 is 0 Å². The van der Waals surface area contributed by atoms with Gasteiger partial charge in [0.05, 0.1) is 0 Å². The highest BCUT2D eigenvalue weighted by atomic mass is 35.5. The third-order valence-electron chi connectivity index (χ3n) is 0.803. The maximum absolute atomic E-state index is 8.78. The predicted octanol–water partition coefficient (Wildman–Crippen LogP) is 2.14. The van der Waals surface area contributed by atoms with Crippen LogP contribution in [0.15, 0.2) is 0 Å². The molecule has 0 bridgehead atoms. The van der Waals surface area contributed by atoms with Crippen LogP contribution in [-0.2, 0) is 0 Å². The summed E-state index contributed by atoms with van der Waals surface area (Å²) >= 11 is 16.3. The molecule has 1 aromatic heterocycles. The molecule has 0 aliphatic heterocycles. The van der Waals surface area contributed by atoms with Crippen molar-refractivity contribution in [2.24, 2.45) is 0 Å². The summed E-state index contributed by atoms with van der Waals surface area (Å²) in [7, 11) is 0. The lowest BCUT2D eigenvalue weighted by Gasteiger charge is -1.96. The smallest absolute Gasteiger partial charge is 0.251 e. The van der Waals surface area contributed by atoms with E-state index in [1.165, 1.54) is 0 Å². The zero-order chi connectivity index (χ0) is 7.72. The molecule has 0 unspecified atom stereocenters. The van der Waals surface area contributed by atoms with Gasteiger partial charge >= 0.3 is 0 Å². The predicted molar refractivity (Wildman–Crippen MR) is 38.7 cm³/mol. The highest BCUT2D eigenvalue weighted by Gasteiger charge is 2.09. The fourth-order valence-corrected chi connectivity index (χ4v) is 0.798. The van der Waals surface area contributed by atoms with Crippen LogP contribution in [0.1, 0.15) is 0 Å². The van der Waals surface area contributed by atoms with Crippen LogP contribution in [0.25, 0.3) is 0 Å². The first-order valence-electron chi connectivity index (χ1n) is 2.19. The third-order valence-corrected chi connectivity index (χ3v) is 1.99. The van der Waals surface area contributed by atoms with E-state index in [1.54, 1.807) is 0 Å².